The number of alkyl halides is 3. The Morgan fingerprint density at radius 3 is 2.21 bits per heavy atom. The number of H-pyrrole nitrogens is 1. The van der Waals surface area contributed by atoms with Crippen molar-refractivity contribution in [3.8, 4) is 16.9 Å². The van der Waals surface area contributed by atoms with Crippen LogP contribution in [-0.4, -0.2) is 46.7 Å². The van der Waals surface area contributed by atoms with Crippen LogP contribution < -0.4 is 10.3 Å². The lowest BCUT2D eigenvalue weighted by molar-refractivity contribution is -0.144. The molecule has 1 fully saturated rings. The first-order chi connectivity index (χ1) is 15.7. The zero-order valence-corrected chi connectivity index (χ0v) is 17.5. The summed E-state index contributed by atoms with van der Waals surface area (Å²) in [7, 11) is 0. The van der Waals surface area contributed by atoms with Crippen LogP contribution in [0.1, 0.15) is 12.1 Å². The molecule has 0 spiro atoms. The minimum atomic E-state index is -4.47. The van der Waals surface area contributed by atoms with Crippen molar-refractivity contribution in [2.24, 2.45) is 0 Å². The van der Waals surface area contributed by atoms with E-state index in [2.05, 4.69) is 12.1 Å². The molecule has 1 aliphatic heterocycles. The average molecular weight is 463 g/mol. The Morgan fingerprint density at radius 2 is 1.61 bits per heavy atom. The summed E-state index contributed by atoms with van der Waals surface area (Å²) in [6, 6.07) is 20.8. The van der Waals surface area contributed by atoms with Gasteiger partial charge in [0.25, 0.3) is 0 Å². The van der Waals surface area contributed by atoms with Crippen LogP contribution in [0.2, 0.25) is 0 Å². The molecule has 176 valence electrons. The van der Waals surface area contributed by atoms with Crippen LogP contribution in [-0.2, 0) is 10.9 Å². The maximum absolute atomic E-state index is 11.8. The summed E-state index contributed by atoms with van der Waals surface area (Å²) in [4.78, 5) is 12.0. The van der Waals surface area contributed by atoms with Gasteiger partial charge in [-0.25, -0.2) is 0 Å². The van der Waals surface area contributed by atoms with E-state index in [1.54, 1.807) is 4.98 Å². The van der Waals surface area contributed by atoms with Crippen molar-refractivity contribution >= 4 is 0 Å². The molecule has 3 aromatic rings. The number of aromatic nitrogens is 1. The number of halogens is 3. The Hall–Kier alpha value is -3.14. The van der Waals surface area contributed by atoms with E-state index in [1.165, 1.54) is 0 Å². The lowest BCUT2D eigenvalue weighted by Crippen LogP contribution is -2.47. The molecular formula is C24H24F3NO5. The van der Waals surface area contributed by atoms with E-state index in [0.717, 1.165) is 35.1 Å². The highest BCUT2D eigenvalue weighted by molar-refractivity contribution is 5.63. The molecule has 33 heavy (non-hydrogen) atoms. The molecule has 3 N–H and O–H groups in total. The fraction of sp³-hybridized carbons (Fsp3) is 0.292. The van der Waals surface area contributed by atoms with Crippen molar-refractivity contribution in [3.63, 3.8) is 0 Å². The van der Waals surface area contributed by atoms with Crippen molar-refractivity contribution in [1.29, 1.82) is 0 Å². The lowest BCUT2D eigenvalue weighted by Gasteiger charge is -2.31. The van der Waals surface area contributed by atoms with Crippen LogP contribution in [0.3, 0.4) is 0 Å². The van der Waals surface area contributed by atoms with Crippen LogP contribution in [0.5, 0.6) is 5.75 Å². The first-order valence-electron chi connectivity index (χ1n) is 10.3. The summed E-state index contributed by atoms with van der Waals surface area (Å²) in [5, 5.41) is 19.5. The summed E-state index contributed by atoms with van der Waals surface area (Å²) in [6.07, 6.45) is -6.12. The van der Waals surface area contributed by atoms with Crippen LogP contribution >= 0.6 is 0 Å². The van der Waals surface area contributed by atoms with E-state index in [1.807, 2.05) is 42.5 Å². The van der Waals surface area contributed by atoms with Crippen LogP contribution in [0.4, 0.5) is 13.2 Å². The zero-order chi connectivity index (χ0) is 23.8. The molecule has 1 aliphatic rings. The van der Waals surface area contributed by atoms with E-state index in [-0.39, 0.29) is 6.61 Å². The van der Waals surface area contributed by atoms with Crippen molar-refractivity contribution < 1.29 is 32.9 Å². The highest BCUT2D eigenvalue weighted by Gasteiger charge is 2.32. The smallest absolute Gasteiger partial charge is 0.431 e. The molecule has 3 unspecified atom stereocenters. The molecule has 0 saturated carbocycles. The molecule has 6 nitrogen and oxygen atoms in total. The third-order valence-corrected chi connectivity index (χ3v) is 4.97. The van der Waals surface area contributed by atoms with Crippen molar-refractivity contribution in [1.82, 2.24) is 4.98 Å². The SMILES string of the molecule is O=c1cccc(C(F)(F)F)[nH]1.OC1CCOC(COc2ccc(-c3ccccc3)cc2)C1O. The van der Waals surface area contributed by atoms with Gasteiger partial charge in [0.1, 0.15) is 30.3 Å². The molecule has 1 saturated heterocycles. The summed E-state index contributed by atoms with van der Waals surface area (Å²) in [6.45, 7) is 0.669. The van der Waals surface area contributed by atoms with Gasteiger partial charge >= 0.3 is 6.18 Å². The topological polar surface area (TPSA) is 91.8 Å². The normalized spacial score (nSPS) is 20.5. The van der Waals surface area contributed by atoms with E-state index in [0.29, 0.717) is 13.0 Å². The van der Waals surface area contributed by atoms with Gasteiger partial charge in [0.15, 0.2) is 0 Å². The zero-order valence-electron chi connectivity index (χ0n) is 17.5. The molecule has 0 aliphatic carbocycles. The van der Waals surface area contributed by atoms with E-state index in [4.69, 9.17) is 9.47 Å². The molecule has 3 atom stereocenters. The van der Waals surface area contributed by atoms with Crippen molar-refractivity contribution in [3.05, 3.63) is 88.8 Å². The van der Waals surface area contributed by atoms with E-state index in [9.17, 15) is 28.2 Å². The maximum atomic E-state index is 11.8. The van der Waals surface area contributed by atoms with E-state index >= 15 is 0 Å². The Balaban J connectivity index is 0.000000235. The van der Waals surface area contributed by atoms with E-state index < -0.39 is 35.7 Å². The van der Waals surface area contributed by atoms with Gasteiger partial charge in [-0.3, -0.25) is 4.79 Å². The summed E-state index contributed by atoms with van der Waals surface area (Å²) >= 11 is 0. The summed E-state index contributed by atoms with van der Waals surface area (Å²) < 4.78 is 46.5. The summed E-state index contributed by atoms with van der Waals surface area (Å²) in [5.41, 5.74) is 0.505. The molecule has 4 rings (SSSR count). The molecule has 1 aromatic heterocycles. The predicted molar refractivity (Wildman–Crippen MR) is 116 cm³/mol. The van der Waals surface area contributed by atoms with Gasteiger partial charge in [0, 0.05) is 12.7 Å². The standard InChI is InChI=1S/C18H20O4.C6H4F3NO/c19-16-10-11-21-17(18(16)20)12-22-15-8-6-14(7-9-15)13-4-2-1-3-5-13;7-6(8,9)4-2-1-3-5(11)10-4/h1-9,16-20H,10-12H2;1-3H,(H,10,11). The van der Waals surface area contributed by atoms with Crippen LogP contribution in [0.15, 0.2) is 77.6 Å². The number of rotatable bonds is 4. The number of pyridine rings is 1. The van der Waals surface area contributed by atoms with Crippen molar-refractivity contribution in [2.75, 3.05) is 13.2 Å². The monoisotopic (exact) mass is 463 g/mol. The second-order valence-corrected chi connectivity index (χ2v) is 7.38. The van der Waals surface area contributed by atoms with Gasteiger partial charge < -0.3 is 24.7 Å². The molecule has 0 amide bonds. The molecule has 2 aromatic carbocycles. The van der Waals surface area contributed by atoms with Crippen LogP contribution in [0, 0.1) is 0 Å². The fourth-order valence-corrected chi connectivity index (χ4v) is 3.17. The summed E-state index contributed by atoms with van der Waals surface area (Å²) in [5.74, 6) is 0.718. The van der Waals surface area contributed by atoms with Crippen LogP contribution in [0.25, 0.3) is 11.1 Å². The fourth-order valence-electron chi connectivity index (χ4n) is 3.17. The second kappa shape index (κ2) is 11.1. The molecular weight excluding hydrogens is 439 g/mol. The van der Waals surface area contributed by atoms with Gasteiger partial charge in [0.2, 0.25) is 5.56 Å². The number of nitrogens with one attached hydrogen (secondary N) is 1. The minimum absolute atomic E-state index is 0.225. The Bertz CT molecular complexity index is 1050. The van der Waals surface area contributed by atoms with Gasteiger partial charge in [-0.1, -0.05) is 48.5 Å². The number of ether oxygens (including phenoxy) is 2. The number of benzene rings is 2. The Labute approximate surface area is 188 Å². The van der Waals surface area contributed by atoms with Gasteiger partial charge in [-0.15, -0.1) is 0 Å². The number of aliphatic hydroxyl groups excluding tert-OH is 2. The third-order valence-electron chi connectivity index (χ3n) is 4.97. The highest BCUT2D eigenvalue weighted by atomic mass is 19.4. The molecule has 9 heteroatoms. The lowest BCUT2D eigenvalue weighted by atomic mass is 10.0. The number of hydrogen-bond donors (Lipinski definition) is 3. The first kappa shape index (κ1) is 24.5. The number of aromatic amines is 1. The minimum Gasteiger partial charge on any atom is -0.491 e. The molecule has 0 bridgehead atoms. The number of hydrogen-bond acceptors (Lipinski definition) is 5. The maximum Gasteiger partial charge on any atom is 0.431 e. The third kappa shape index (κ3) is 7.18. The van der Waals surface area contributed by atoms with Crippen molar-refractivity contribution in [2.45, 2.75) is 30.9 Å². The second-order valence-electron chi connectivity index (χ2n) is 7.38. The average Bonchev–Trinajstić information content (AvgIpc) is 2.81. The molecule has 2 heterocycles. The first-order valence-corrected chi connectivity index (χ1v) is 10.3. The largest absolute Gasteiger partial charge is 0.491 e. The van der Waals surface area contributed by atoms with Gasteiger partial charge in [0.05, 0.1) is 6.10 Å². The Kier molecular flexibility index (Phi) is 8.26. The molecule has 0 radical (unpaired) electrons. The number of aliphatic hydroxyl groups is 2. The predicted octanol–water partition coefficient (Wildman–Crippen LogP) is 3.64. The highest BCUT2D eigenvalue weighted by Crippen LogP contribution is 2.26. The Morgan fingerprint density at radius 1 is 0.939 bits per heavy atom. The quantitative estimate of drug-likeness (QED) is 0.550. The van der Waals surface area contributed by atoms with Gasteiger partial charge in [-0.05, 0) is 35.7 Å². The van der Waals surface area contributed by atoms with Gasteiger partial charge in [-0.2, -0.15) is 13.2 Å².